The van der Waals surface area contributed by atoms with Crippen molar-refractivity contribution in [1.82, 2.24) is 14.3 Å². The Balaban J connectivity index is 1.75. The Morgan fingerprint density at radius 1 is 1.38 bits per heavy atom. The van der Waals surface area contributed by atoms with Crippen LogP contribution in [0.15, 0.2) is 30.6 Å². The van der Waals surface area contributed by atoms with Gasteiger partial charge in [-0.3, -0.25) is 4.79 Å². The fourth-order valence-electron chi connectivity index (χ4n) is 2.70. The Morgan fingerprint density at radius 3 is 2.95 bits per heavy atom. The van der Waals surface area contributed by atoms with Crippen LogP contribution in [0.25, 0.3) is 5.65 Å². The largest absolute Gasteiger partial charge is 0.336 e. The van der Waals surface area contributed by atoms with Gasteiger partial charge in [0.1, 0.15) is 5.65 Å². The van der Waals surface area contributed by atoms with Crippen LogP contribution in [0, 0.1) is 5.92 Å². The zero-order chi connectivity index (χ0) is 15.0. The lowest BCUT2D eigenvalue weighted by Gasteiger charge is -2.16. The van der Waals surface area contributed by atoms with Crippen LogP contribution in [-0.2, 0) is 20.4 Å². The van der Waals surface area contributed by atoms with E-state index >= 15 is 0 Å². The molecule has 3 heterocycles. The summed E-state index contributed by atoms with van der Waals surface area (Å²) in [5, 5.41) is 0. The van der Waals surface area contributed by atoms with Gasteiger partial charge in [0, 0.05) is 35.8 Å². The van der Waals surface area contributed by atoms with Crippen molar-refractivity contribution >= 4 is 31.3 Å². The van der Waals surface area contributed by atoms with Gasteiger partial charge in [0.25, 0.3) is 0 Å². The van der Waals surface area contributed by atoms with Crippen molar-refractivity contribution in [3.63, 3.8) is 0 Å². The van der Waals surface area contributed by atoms with Crippen LogP contribution in [0.2, 0.25) is 0 Å². The van der Waals surface area contributed by atoms with Gasteiger partial charge in [0.2, 0.25) is 15.0 Å². The highest BCUT2D eigenvalue weighted by Crippen LogP contribution is 2.23. The van der Waals surface area contributed by atoms with E-state index in [1.54, 1.807) is 11.1 Å². The molecule has 0 radical (unpaired) electrons. The first-order valence-corrected chi connectivity index (χ1v) is 9.01. The highest BCUT2D eigenvalue weighted by Gasteiger charge is 2.32. The van der Waals surface area contributed by atoms with Gasteiger partial charge in [-0.05, 0) is 12.1 Å². The summed E-state index contributed by atoms with van der Waals surface area (Å²) in [7, 11) is 1.68. The summed E-state index contributed by atoms with van der Waals surface area (Å²) in [5.41, 5.74) is 1.72. The first-order valence-electron chi connectivity index (χ1n) is 6.53. The molecule has 2 aromatic heterocycles. The SMILES string of the molecule is O=C1CC(CS(=O)(=O)Cl)CN1Cc1cnc2ccccn12. The summed E-state index contributed by atoms with van der Waals surface area (Å²) in [6.07, 6.45) is 3.84. The number of rotatable bonds is 4. The van der Waals surface area contributed by atoms with Crippen molar-refractivity contribution < 1.29 is 13.2 Å². The van der Waals surface area contributed by atoms with Crippen molar-refractivity contribution in [3.05, 3.63) is 36.3 Å². The summed E-state index contributed by atoms with van der Waals surface area (Å²) in [6.45, 7) is 0.827. The molecule has 6 nitrogen and oxygen atoms in total. The third-order valence-electron chi connectivity index (χ3n) is 3.58. The first kappa shape index (κ1) is 14.3. The van der Waals surface area contributed by atoms with Gasteiger partial charge in [-0.25, -0.2) is 13.4 Å². The van der Waals surface area contributed by atoms with E-state index in [0.717, 1.165) is 11.3 Å². The van der Waals surface area contributed by atoms with Gasteiger partial charge in [-0.15, -0.1) is 0 Å². The van der Waals surface area contributed by atoms with E-state index in [9.17, 15) is 13.2 Å². The van der Waals surface area contributed by atoms with E-state index in [4.69, 9.17) is 10.7 Å². The van der Waals surface area contributed by atoms with E-state index in [2.05, 4.69) is 4.98 Å². The Bertz CT molecular complexity index is 787. The van der Waals surface area contributed by atoms with Crippen LogP contribution in [-0.4, -0.2) is 40.9 Å². The number of imidazole rings is 1. The highest BCUT2D eigenvalue weighted by molar-refractivity contribution is 8.13. The number of fused-ring (bicyclic) bond motifs is 1. The van der Waals surface area contributed by atoms with E-state index in [1.807, 2.05) is 28.8 Å². The molecule has 1 aliphatic rings. The van der Waals surface area contributed by atoms with Gasteiger partial charge < -0.3 is 9.30 Å². The molecule has 0 aromatic carbocycles. The average molecular weight is 328 g/mol. The summed E-state index contributed by atoms with van der Waals surface area (Å²) < 4.78 is 24.1. The number of amides is 1. The molecular weight excluding hydrogens is 314 g/mol. The molecule has 21 heavy (non-hydrogen) atoms. The maximum absolute atomic E-state index is 12.0. The second kappa shape index (κ2) is 5.31. The van der Waals surface area contributed by atoms with Crippen LogP contribution in [0.5, 0.6) is 0 Å². The highest BCUT2D eigenvalue weighted by atomic mass is 35.7. The van der Waals surface area contributed by atoms with Crippen molar-refractivity contribution in [2.75, 3.05) is 12.3 Å². The van der Waals surface area contributed by atoms with Crippen LogP contribution in [0.4, 0.5) is 0 Å². The topological polar surface area (TPSA) is 71.8 Å². The lowest BCUT2D eigenvalue weighted by molar-refractivity contribution is -0.128. The number of carbonyl (C=O) groups excluding carboxylic acids is 1. The molecule has 0 spiro atoms. The Hall–Kier alpha value is -1.60. The third-order valence-corrected chi connectivity index (χ3v) is 4.82. The molecule has 2 aromatic rings. The van der Waals surface area contributed by atoms with Gasteiger partial charge >= 0.3 is 0 Å². The molecule has 0 aliphatic carbocycles. The second-order valence-electron chi connectivity index (χ2n) is 5.23. The number of carbonyl (C=O) groups is 1. The van der Waals surface area contributed by atoms with E-state index < -0.39 is 9.05 Å². The standard InChI is InChI=1S/C13H14ClN3O3S/c14-21(19,20)9-10-5-13(18)16(7-10)8-11-6-15-12-3-1-2-4-17(11)12/h1-4,6,10H,5,7-9H2. The van der Waals surface area contributed by atoms with Crippen LogP contribution in [0.3, 0.4) is 0 Å². The maximum Gasteiger partial charge on any atom is 0.232 e. The van der Waals surface area contributed by atoms with E-state index in [1.165, 1.54) is 0 Å². The number of halogens is 1. The molecule has 1 saturated heterocycles. The van der Waals surface area contributed by atoms with Crippen LogP contribution < -0.4 is 0 Å². The monoisotopic (exact) mass is 327 g/mol. The predicted molar refractivity (Wildman–Crippen MR) is 78.4 cm³/mol. The third kappa shape index (κ3) is 3.19. The Labute approximate surface area is 126 Å². The number of aromatic nitrogens is 2. The molecule has 0 saturated carbocycles. The summed E-state index contributed by atoms with van der Waals surface area (Å²) >= 11 is 0. The second-order valence-corrected chi connectivity index (χ2v) is 8.05. The van der Waals surface area contributed by atoms with Crippen molar-refractivity contribution in [2.24, 2.45) is 5.92 Å². The minimum atomic E-state index is -3.58. The number of hydrogen-bond donors (Lipinski definition) is 0. The lowest BCUT2D eigenvalue weighted by atomic mass is 10.1. The average Bonchev–Trinajstić information content (AvgIpc) is 2.93. The van der Waals surface area contributed by atoms with Crippen LogP contribution in [0.1, 0.15) is 12.1 Å². The smallest absolute Gasteiger partial charge is 0.232 e. The zero-order valence-corrected chi connectivity index (χ0v) is 12.7. The molecular formula is C13H14ClN3O3S. The van der Waals surface area contributed by atoms with Crippen molar-refractivity contribution in [3.8, 4) is 0 Å². The van der Waals surface area contributed by atoms with Gasteiger partial charge in [-0.2, -0.15) is 0 Å². The minimum Gasteiger partial charge on any atom is -0.336 e. The molecule has 112 valence electrons. The number of likely N-dealkylation sites (tertiary alicyclic amines) is 1. The zero-order valence-electron chi connectivity index (χ0n) is 11.1. The number of nitrogens with zero attached hydrogens (tertiary/aromatic N) is 3. The lowest BCUT2D eigenvalue weighted by Crippen LogP contribution is -2.26. The van der Waals surface area contributed by atoms with Crippen molar-refractivity contribution in [1.29, 1.82) is 0 Å². The van der Waals surface area contributed by atoms with E-state index in [-0.39, 0.29) is 24.0 Å². The fourth-order valence-corrected chi connectivity index (χ4v) is 4.02. The molecule has 1 amide bonds. The first-order chi connectivity index (χ1) is 9.92. The quantitative estimate of drug-likeness (QED) is 0.792. The molecule has 0 bridgehead atoms. The minimum absolute atomic E-state index is 0.0498. The molecule has 0 N–H and O–H groups in total. The van der Waals surface area contributed by atoms with E-state index in [0.29, 0.717) is 13.1 Å². The maximum atomic E-state index is 12.0. The number of hydrogen-bond acceptors (Lipinski definition) is 4. The van der Waals surface area contributed by atoms with Gasteiger partial charge in [-0.1, -0.05) is 6.07 Å². The molecule has 3 rings (SSSR count). The Morgan fingerprint density at radius 2 is 2.19 bits per heavy atom. The van der Waals surface area contributed by atoms with Crippen molar-refractivity contribution in [2.45, 2.75) is 13.0 Å². The molecule has 1 unspecified atom stereocenters. The predicted octanol–water partition coefficient (Wildman–Crippen LogP) is 1.25. The normalized spacial score (nSPS) is 19.6. The van der Waals surface area contributed by atoms with Crippen LogP contribution >= 0.6 is 10.7 Å². The number of pyridine rings is 1. The molecule has 1 fully saturated rings. The summed E-state index contributed by atoms with van der Waals surface area (Å²) in [4.78, 5) is 17.9. The Kier molecular flexibility index (Phi) is 3.62. The molecule has 1 atom stereocenters. The van der Waals surface area contributed by atoms with Gasteiger partial charge in [0.15, 0.2) is 0 Å². The molecule has 8 heteroatoms. The molecule has 1 aliphatic heterocycles. The summed E-state index contributed by atoms with van der Waals surface area (Å²) in [6, 6.07) is 5.68. The summed E-state index contributed by atoms with van der Waals surface area (Å²) in [5.74, 6) is -0.449. The fraction of sp³-hybridized carbons (Fsp3) is 0.385. The van der Waals surface area contributed by atoms with Gasteiger partial charge in [0.05, 0.1) is 24.2 Å².